The molecule has 1 amide bonds. The van der Waals surface area contributed by atoms with E-state index in [4.69, 9.17) is 14.6 Å². The Morgan fingerprint density at radius 2 is 2.03 bits per heavy atom. The van der Waals surface area contributed by atoms with Gasteiger partial charge in [-0.15, -0.1) is 0 Å². The summed E-state index contributed by atoms with van der Waals surface area (Å²) in [7, 11) is 0. The van der Waals surface area contributed by atoms with E-state index < -0.39 is 12.1 Å². The smallest absolute Gasteiger partial charge is 0.475 e. The van der Waals surface area contributed by atoms with E-state index in [0.717, 1.165) is 45.1 Å². The summed E-state index contributed by atoms with van der Waals surface area (Å²) in [4.78, 5) is 23.5. The number of amides is 1. The molecule has 6 nitrogen and oxygen atoms in total. The maximum atomic E-state index is 12.1. The number of nitrogens with one attached hydrogen (secondary N) is 1. The molecule has 3 aliphatic rings. The molecule has 1 aromatic rings. The van der Waals surface area contributed by atoms with E-state index >= 15 is 0 Å². The number of halogens is 3. The number of hydrogen-bond acceptors (Lipinski definition) is 5. The van der Waals surface area contributed by atoms with Crippen molar-refractivity contribution in [1.29, 1.82) is 0 Å². The summed E-state index contributed by atoms with van der Waals surface area (Å²) in [5, 5.41) is 14.6. The van der Waals surface area contributed by atoms with Crippen LogP contribution in [-0.2, 0) is 20.9 Å². The van der Waals surface area contributed by atoms with Crippen LogP contribution in [0.15, 0.2) is 16.8 Å². The number of aliphatic carboxylic acids is 1. The Labute approximate surface area is 177 Å². The first-order chi connectivity index (χ1) is 14.2. The molecular weight excluding hydrogens is 421 g/mol. The van der Waals surface area contributed by atoms with Crippen molar-refractivity contribution in [2.75, 3.05) is 26.2 Å². The third-order valence-electron chi connectivity index (χ3n) is 5.78. The second-order valence-corrected chi connectivity index (χ2v) is 8.99. The Balaban J connectivity index is 0.000000318. The van der Waals surface area contributed by atoms with Gasteiger partial charge in [-0.3, -0.25) is 9.69 Å². The average Bonchev–Trinajstić information content (AvgIpc) is 3.23. The lowest BCUT2D eigenvalue weighted by atomic mass is 9.83. The van der Waals surface area contributed by atoms with Gasteiger partial charge in [0, 0.05) is 25.6 Å². The number of hydrogen-bond donors (Lipinski definition) is 2. The first kappa shape index (κ1) is 23.0. The fourth-order valence-corrected chi connectivity index (χ4v) is 4.65. The molecule has 3 heterocycles. The molecule has 1 aliphatic carbocycles. The molecule has 0 spiro atoms. The van der Waals surface area contributed by atoms with Crippen LogP contribution in [0.3, 0.4) is 0 Å². The molecule has 2 aliphatic heterocycles. The molecule has 1 aromatic heterocycles. The Hall–Kier alpha value is -1.65. The minimum atomic E-state index is -5.08. The van der Waals surface area contributed by atoms with E-state index in [0.29, 0.717) is 18.3 Å². The molecule has 3 atom stereocenters. The number of thiophene rings is 1. The monoisotopic (exact) mass is 448 g/mol. The highest BCUT2D eigenvalue weighted by molar-refractivity contribution is 7.07. The molecule has 10 heteroatoms. The van der Waals surface area contributed by atoms with Gasteiger partial charge in [-0.25, -0.2) is 4.79 Å². The van der Waals surface area contributed by atoms with Gasteiger partial charge in [-0.2, -0.15) is 24.5 Å². The molecule has 30 heavy (non-hydrogen) atoms. The molecule has 1 saturated carbocycles. The second-order valence-electron chi connectivity index (χ2n) is 8.21. The lowest BCUT2D eigenvalue weighted by molar-refractivity contribution is -0.192. The summed E-state index contributed by atoms with van der Waals surface area (Å²) in [5.41, 5.74) is 1.42. The summed E-state index contributed by atoms with van der Waals surface area (Å²) >= 11 is 1.77. The lowest BCUT2D eigenvalue weighted by Gasteiger charge is -2.35. The molecule has 0 unspecified atom stereocenters. The highest BCUT2D eigenvalue weighted by atomic mass is 32.1. The van der Waals surface area contributed by atoms with E-state index in [2.05, 4.69) is 27.0 Å². The van der Waals surface area contributed by atoms with Crippen molar-refractivity contribution >= 4 is 23.2 Å². The van der Waals surface area contributed by atoms with Crippen LogP contribution in [0, 0.1) is 17.8 Å². The highest BCUT2D eigenvalue weighted by Gasteiger charge is 2.41. The van der Waals surface area contributed by atoms with Gasteiger partial charge in [0.2, 0.25) is 5.91 Å². The van der Waals surface area contributed by atoms with Gasteiger partial charge in [0.1, 0.15) is 0 Å². The summed E-state index contributed by atoms with van der Waals surface area (Å²) in [5.74, 6) is -0.656. The van der Waals surface area contributed by atoms with Gasteiger partial charge in [0.25, 0.3) is 0 Å². The zero-order valence-corrected chi connectivity index (χ0v) is 17.4. The van der Waals surface area contributed by atoms with E-state index in [1.165, 1.54) is 18.4 Å². The fourth-order valence-electron chi connectivity index (χ4n) is 3.99. The van der Waals surface area contributed by atoms with Crippen molar-refractivity contribution in [3.05, 3.63) is 22.4 Å². The normalized spacial score (nSPS) is 26.4. The standard InChI is InChI=1S/C18H26N2O2S.C2HF3O2/c21-18(19-8-13-1-2-13)7-17-16-3-5-20(10-15(16)11-22-17)9-14-4-6-23-12-14;3-2(4,5)1(6)7/h4,6,12-13,15-17H,1-3,5,7-11H2,(H,19,21);(H,6,7)/t15-,16-,17-;/m1./s1. The first-order valence-electron chi connectivity index (χ1n) is 10.1. The third kappa shape index (κ3) is 6.95. The maximum Gasteiger partial charge on any atom is 0.490 e. The topological polar surface area (TPSA) is 78.9 Å². The largest absolute Gasteiger partial charge is 0.490 e. The Morgan fingerprint density at radius 3 is 2.63 bits per heavy atom. The molecule has 2 N–H and O–H groups in total. The quantitative estimate of drug-likeness (QED) is 0.699. The Morgan fingerprint density at radius 1 is 1.30 bits per heavy atom. The molecule has 2 saturated heterocycles. The first-order valence-corrected chi connectivity index (χ1v) is 11.1. The van der Waals surface area contributed by atoms with Crippen LogP contribution in [0.5, 0.6) is 0 Å². The SMILES string of the molecule is O=C(C[C@H]1OC[C@H]2CN(Cc3ccsc3)CC[C@H]21)NCC1CC1.O=C(O)C(F)(F)F. The van der Waals surface area contributed by atoms with Crippen LogP contribution in [-0.4, -0.2) is 60.4 Å². The van der Waals surface area contributed by atoms with Crippen molar-refractivity contribution in [3.8, 4) is 0 Å². The predicted molar refractivity (Wildman–Crippen MR) is 105 cm³/mol. The van der Waals surface area contributed by atoms with Crippen molar-refractivity contribution in [1.82, 2.24) is 10.2 Å². The zero-order chi connectivity index (χ0) is 21.7. The van der Waals surface area contributed by atoms with Crippen LogP contribution < -0.4 is 5.32 Å². The fraction of sp³-hybridized carbons (Fsp3) is 0.700. The third-order valence-corrected chi connectivity index (χ3v) is 6.51. The number of piperidine rings is 1. The summed E-state index contributed by atoms with van der Waals surface area (Å²) in [6, 6.07) is 2.22. The molecule has 0 aromatic carbocycles. The predicted octanol–water partition coefficient (Wildman–Crippen LogP) is 3.13. The minimum absolute atomic E-state index is 0.141. The number of alkyl halides is 3. The highest BCUT2D eigenvalue weighted by Crippen LogP contribution is 2.36. The van der Waals surface area contributed by atoms with Crippen molar-refractivity contribution in [2.24, 2.45) is 17.8 Å². The van der Waals surface area contributed by atoms with Crippen molar-refractivity contribution in [2.45, 2.75) is 44.5 Å². The molecule has 168 valence electrons. The molecule has 0 bridgehead atoms. The van der Waals surface area contributed by atoms with Crippen molar-refractivity contribution < 1.29 is 32.6 Å². The number of carboxylic acids is 1. The molecule has 3 fully saturated rings. The lowest BCUT2D eigenvalue weighted by Crippen LogP contribution is -2.41. The Kier molecular flexibility index (Phi) is 7.75. The number of carbonyl (C=O) groups is 2. The van der Waals surface area contributed by atoms with Gasteiger partial charge in [0.15, 0.2) is 0 Å². The van der Waals surface area contributed by atoms with E-state index in [1.807, 2.05) is 0 Å². The summed E-state index contributed by atoms with van der Waals surface area (Å²) in [6.07, 6.45) is -0.661. The van der Waals surface area contributed by atoms with Crippen LogP contribution in [0.25, 0.3) is 0 Å². The number of rotatable bonds is 6. The molecule has 4 rings (SSSR count). The van der Waals surface area contributed by atoms with Gasteiger partial charge in [0.05, 0.1) is 19.1 Å². The van der Waals surface area contributed by atoms with Gasteiger partial charge < -0.3 is 15.2 Å². The number of ether oxygens (including phenoxy) is 1. The number of nitrogens with zero attached hydrogens (tertiary/aromatic N) is 1. The number of carbonyl (C=O) groups excluding carboxylic acids is 1. The maximum absolute atomic E-state index is 12.1. The zero-order valence-electron chi connectivity index (χ0n) is 16.6. The molecule has 0 radical (unpaired) electrons. The number of likely N-dealkylation sites (tertiary alicyclic amines) is 1. The van der Waals surface area contributed by atoms with Crippen LogP contribution in [0.4, 0.5) is 13.2 Å². The van der Waals surface area contributed by atoms with Crippen LogP contribution in [0.1, 0.15) is 31.2 Å². The van der Waals surface area contributed by atoms with E-state index in [9.17, 15) is 18.0 Å². The van der Waals surface area contributed by atoms with Crippen LogP contribution >= 0.6 is 11.3 Å². The van der Waals surface area contributed by atoms with Crippen molar-refractivity contribution in [3.63, 3.8) is 0 Å². The number of fused-ring (bicyclic) bond motifs is 1. The minimum Gasteiger partial charge on any atom is -0.475 e. The van der Waals surface area contributed by atoms with E-state index in [-0.39, 0.29) is 12.0 Å². The van der Waals surface area contributed by atoms with Gasteiger partial charge >= 0.3 is 12.1 Å². The molecular formula is C20H27F3N2O4S. The second kappa shape index (κ2) is 10.1. The Bertz CT molecular complexity index is 709. The average molecular weight is 449 g/mol. The summed E-state index contributed by atoms with van der Waals surface area (Å²) in [6.45, 7) is 4.99. The van der Waals surface area contributed by atoms with Gasteiger partial charge in [-0.1, -0.05) is 0 Å². The number of carboxylic acid groups (broad SMARTS) is 1. The van der Waals surface area contributed by atoms with E-state index in [1.54, 1.807) is 11.3 Å². The summed E-state index contributed by atoms with van der Waals surface area (Å²) < 4.78 is 37.7. The van der Waals surface area contributed by atoms with Gasteiger partial charge in [-0.05, 0) is 60.0 Å². The van der Waals surface area contributed by atoms with Crippen LogP contribution in [0.2, 0.25) is 0 Å².